The Labute approximate surface area is 168 Å². The molecule has 0 saturated carbocycles. The molecule has 0 spiro atoms. The van der Waals surface area contributed by atoms with Gasteiger partial charge in [-0.25, -0.2) is 8.42 Å². The number of rotatable bonds is 5. The van der Waals surface area contributed by atoms with Gasteiger partial charge >= 0.3 is 0 Å². The van der Waals surface area contributed by atoms with E-state index in [1.54, 1.807) is 12.1 Å². The highest BCUT2D eigenvalue weighted by Gasteiger charge is 2.29. The summed E-state index contributed by atoms with van der Waals surface area (Å²) < 4.78 is 24.0. The summed E-state index contributed by atoms with van der Waals surface area (Å²) in [4.78, 5) is 28.1. The summed E-state index contributed by atoms with van der Waals surface area (Å²) in [6.45, 7) is 5.72. The molecule has 0 unspecified atom stereocenters. The molecule has 1 aliphatic heterocycles. The number of nitrogens with zero attached hydrogens (tertiary/aromatic N) is 1. The molecule has 3 rings (SSSR count). The molecular weight excluding hydrogens is 398 g/mol. The molecule has 1 aliphatic rings. The molecule has 2 amide bonds. The maximum atomic E-state index is 12.8. The first kappa shape index (κ1) is 20.5. The summed E-state index contributed by atoms with van der Waals surface area (Å²) in [6.07, 6.45) is 1.73. The minimum Gasteiger partial charge on any atom is -0.365 e. The highest BCUT2D eigenvalue weighted by molar-refractivity contribution is 7.90. The molecule has 3 N–H and O–H groups in total. The highest BCUT2D eigenvalue weighted by atomic mass is 32.2. The van der Waals surface area contributed by atoms with Gasteiger partial charge in [-0.1, -0.05) is 12.1 Å². The number of anilines is 1. The fourth-order valence-corrected chi connectivity index (χ4v) is 5.52. The zero-order valence-electron chi connectivity index (χ0n) is 16.0. The van der Waals surface area contributed by atoms with E-state index in [9.17, 15) is 18.0 Å². The third kappa shape index (κ3) is 3.96. The number of sulfone groups is 1. The minimum atomic E-state index is -3.57. The Hall–Kier alpha value is -2.23. The number of primary amides is 1. The fraction of sp³-hybridized carbons (Fsp3) is 0.368. The largest absolute Gasteiger partial charge is 0.365 e. The van der Waals surface area contributed by atoms with E-state index in [2.05, 4.69) is 24.1 Å². The van der Waals surface area contributed by atoms with Crippen molar-refractivity contribution in [3.05, 3.63) is 45.8 Å². The van der Waals surface area contributed by atoms with Gasteiger partial charge in [-0.3, -0.25) is 14.5 Å². The Morgan fingerprint density at radius 1 is 1.25 bits per heavy atom. The lowest BCUT2D eigenvalue weighted by Crippen LogP contribution is -2.35. The number of fused-ring (bicyclic) bond motifs is 1. The van der Waals surface area contributed by atoms with Crippen LogP contribution in [0.4, 0.5) is 5.00 Å². The van der Waals surface area contributed by atoms with Crippen molar-refractivity contribution in [1.82, 2.24) is 4.90 Å². The maximum absolute atomic E-state index is 12.8. The van der Waals surface area contributed by atoms with Gasteiger partial charge in [-0.2, -0.15) is 0 Å². The van der Waals surface area contributed by atoms with E-state index in [0.717, 1.165) is 23.2 Å². The fourth-order valence-electron chi connectivity index (χ4n) is 3.36. The van der Waals surface area contributed by atoms with E-state index < -0.39 is 21.7 Å². The Morgan fingerprint density at radius 3 is 2.54 bits per heavy atom. The summed E-state index contributed by atoms with van der Waals surface area (Å²) in [5.74, 6) is -1.18. The van der Waals surface area contributed by atoms with Gasteiger partial charge in [0.25, 0.3) is 11.8 Å². The van der Waals surface area contributed by atoms with E-state index >= 15 is 0 Å². The van der Waals surface area contributed by atoms with Gasteiger partial charge in [-0.05, 0) is 38.0 Å². The number of carbonyl (C=O) groups is 2. The summed E-state index contributed by atoms with van der Waals surface area (Å²) in [5.41, 5.74) is 6.84. The van der Waals surface area contributed by atoms with Crippen LogP contribution in [0, 0.1) is 0 Å². The first-order valence-electron chi connectivity index (χ1n) is 8.88. The average molecular weight is 422 g/mol. The summed E-state index contributed by atoms with van der Waals surface area (Å²) in [7, 11) is -3.57. The van der Waals surface area contributed by atoms with Crippen LogP contribution in [0.3, 0.4) is 0 Å². The quantitative estimate of drug-likeness (QED) is 0.770. The van der Waals surface area contributed by atoms with Crippen LogP contribution >= 0.6 is 11.3 Å². The maximum Gasteiger partial charge on any atom is 0.257 e. The lowest BCUT2D eigenvalue weighted by molar-refractivity contribution is 0.0999. The molecule has 0 saturated heterocycles. The molecular formula is C19H23N3O4S2. The number of amides is 2. The van der Waals surface area contributed by atoms with Crippen molar-refractivity contribution in [1.29, 1.82) is 0 Å². The van der Waals surface area contributed by atoms with Crippen molar-refractivity contribution in [2.45, 2.75) is 37.8 Å². The molecule has 7 nitrogen and oxygen atoms in total. The predicted molar refractivity (Wildman–Crippen MR) is 110 cm³/mol. The first-order chi connectivity index (χ1) is 13.1. The zero-order chi connectivity index (χ0) is 20.6. The SMILES string of the molecule is CC(C)N1CCc2c(sc(NC(=O)c3ccccc3S(C)(=O)=O)c2C(N)=O)C1. The number of nitrogens with two attached hydrogens (primary N) is 1. The molecule has 150 valence electrons. The topological polar surface area (TPSA) is 110 Å². The molecule has 2 aromatic rings. The van der Waals surface area contributed by atoms with Crippen molar-refractivity contribution in [3.63, 3.8) is 0 Å². The number of hydrogen-bond acceptors (Lipinski definition) is 6. The van der Waals surface area contributed by atoms with Crippen LogP contribution in [0.2, 0.25) is 0 Å². The summed E-state index contributed by atoms with van der Waals surface area (Å²) >= 11 is 1.32. The van der Waals surface area contributed by atoms with Gasteiger partial charge in [0.2, 0.25) is 0 Å². The van der Waals surface area contributed by atoms with E-state index in [1.807, 2.05) is 0 Å². The molecule has 0 bridgehead atoms. The second-order valence-electron chi connectivity index (χ2n) is 7.11. The molecule has 0 atom stereocenters. The molecule has 0 radical (unpaired) electrons. The van der Waals surface area contributed by atoms with E-state index in [1.165, 1.54) is 23.5 Å². The van der Waals surface area contributed by atoms with Gasteiger partial charge in [0.1, 0.15) is 5.00 Å². The highest BCUT2D eigenvalue weighted by Crippen LogP contribution is 2.37. The van der Waals surface area contributed by atoms with Crippen LogP contribution in [-0.2, 0) is 22.8 Å². The average Bonchev–Trinajstić information content (AvgIpc) is 2.97. The zero-order valence-corrected chi connectivity index (χ0v) is 17.6. The van der Waals surface area contributed by atoms with Crippen LogP contribution in [0.25, 0.3) is 0 Å². The van der Waals surface area contributed by atoms with Crippen LogP contribution < -0.4 is 11.1 Å². The lowest BCUT2D eigenvalue weighted by Gasteiger charge is -2.30. The van der Waals surface area contributed by atoms with Crippen molar-refractivity contribution in [2.24, 2.45) is 5.73 Å². The second-order valence-corrected chi connectivity index (χ2v) is 10.2. The van der Waals surface area contributed by atoms with Crippen molar-refractivity contribution in [3.8, 4) is 0 Å². The Kier molecular flexibility index (Phi) is 5.60. The monoisotopic (exact) mass is 421 g/mol. The standard InChI is InChI=1S/C19H23N3O4S2/c1-11(2)22-9-8-12-14(10-22)27-19(16(12)17(20)23)21-18(24)13-6-4-5-7-15(13)28(3,25)26/h4-7,11H,8-10H2,1-3H3,(H2,20,23)(H,21,24). The molecule has 1 aromatic heterocycles. The Balaban J connectivity index is 1.98. The number of nitrogens with one attached hydrogen (secondary N) is 1. The van der Waals surface area contributed by atoms with E-state index in [0.29, 0.717) is 29.6 Å². The van der Waals surface area contributed by atoms with Gasteiger partial charge in [0.05, 0.1) is 16.0 Å². The summed E-state index contributed by atoms with van der Waals surface area (Å²) in [5, 5.41) is 3.09. The van der Waals surface area contributed by atoms with Gasteiger partial charge in [0, 0.05) is 30.3 Å². The summed E-state index contributed by atoms with van der Waals surface area (Å²) in [6, 6.07) is 6.36. The number of benzene rings is 1. The lowest BCUT2D eigenvalue weighted by atomic mass is 10.0. The second kappa shape index (κ2) is 7.65. The van der Waals surface area contributed by atoms with Gasteiger partial charge in [0.15, 0.2) is 9.84 Å². The first-order valence-corrected chi connectivity index (χ1v) is 11.6. The van der Waals surface area contributed by atoms with Crippen molar-refractivity contribution >= 4 is 38.0 Å². The third-order valence-electron chi connectivity index (χ3n) is 4.82. The number of hydrogen-bond donors (Lipinski definition) is 2. The minimum absolute atomic E-state index is 0.0376. The van der Waals surface area contributed by atoms with Crippen molar-refractivity contribution < 1.29 is 18.0 Å². The molecule has 0 aliphatic carbocycles. The van der Waals surface area contributed by atoms with Gasteiger partial charge in [-0.15, -0.1) is 11.3 Å². The predicted octanol–water partition coefficient (Wildman–Crippen LogP) is 2.27. The van der Waals surface area contributed by atoms with Crippen LogP contribution in [0.15, 0.2) is 29.2 Å². The molecule has 2 heterocycles. The molecule has 0 fully saturated rings. The number of thiophene rings is 1. The van der Waals surface area contributed by atoms with Crippen LogP contribution in [0.5, 0.6) is 0 Å². The van der Waals surface area contributed by atoms with E-state index in [4.69, 9.17) is 5.73 Å². The molecule has 28 heavy (non-hydrogen) atoms. The van der Waals surface area contributed by atoms with Crippen LogP contribution in [-0.4, -0.2) is 44.0 Å². The Morgan fingerprint density at radius 2 is 1.93 bits per heavy atom. The third-order valence-corrected chi connectivity index (χ3v) is 7.11. The smallest absolute Gasteiger partial charge is 0.257 e. The van der Waals surface area contributed by atoms with Crippen LogP contribution in [0.1, 0.15) is 45.0 Å². The number of carbonyl (C=O) groups excluding carboxylic acids is 2. The van der Waals surface area contributed by atoms with E-state index in [-0.39, 0.29) is 10.5 Å². The molecule has 1 aromatic carbocycles. The Bertz CT molecular complexity index is 1040. The van der Waals surface area contributed by atoms with Crippen molar-refractivity contribution in [2.75, 3.05) is 18.1 Å². The normalized spacial score (nSPS) is 14.7. The van der Waals surface area contributed by atoms with Gasteiger partial charge < -0.3 is 11.1 Å². The molecule has 9 heteroatoms.